The number of aryl methyl sites for hydroxylation is 1. The van der Waals surface area contributed by atoms with Crippen molar-refractivity contribution in [3.63, 3.8) is 0 Å². The lowest BCUT2D eigenvalue weighted by atomic mass is 10.2. The van der Waals surface area contributed by atoms with E-state index in [1.807, 2.05) is 18.2 Å². The number of nitrogens with one attached hydrogen (secondary N) is 1. The molecule has 0 saturated heterocycles. The number of amides is 1. The van der Waals surface area contributed by atoms with Crippen LogP contribution >= 0.6 is 11.3 Å². The molecule has 0 atom stereocenters. The second kappa shape index (κ2) is 7.38. The van der Waals surface area contributed by atoms with Gasteiger partial charge in [-0.25, -0.2) is 4.68 Å². The van der Waals surface area contributed by atoms with Crippen LogP contribution in [0.15, 0.2) is 53.5 Å². The van der Waals surface area contributed by atoms with Gasteiger partial charge in [-0.15, -0.1) is 15.3 Å². The SMILES string of the molecule is O=C(CCn1nnc2ccccc2c1=O)Nc1nnc(-c2ccccn2)s1. The van der Waals surface area contributed by atoms with Crippen LogP contribution in [0.2, 0.25) is 0 Å². The van der Waals surface area contributed by atoms with Crippen molar-refractivity contribution in [1.29, 1.82) is 0 Å². The molecule has 1 amide bonds. The van der Waals surface area contributed by atoms with Crippen LogP contribution < -0.4 is 10.9 Å². The summed E-state index contributed by atoms with van der Waals surface area (Å²) in [6.07, 6.45) is 1.72. The highest BCUT2D eigenvalue weighted by Crippen LogP contribution is 2.24. The molecule has 10 heteroatoms. The molecule has 27 heavy (non-hydrogen) atoms. The molecule has 0 fully saturated rings. The first-order valence-electron chi connectivity index (χ1n) is 8.08. The maximum absolute atomic E-state index is 12.4. The second-order valence-electron chi connectivity index (χ2n) is 5.56. The largest absolute Gasteiger partial charge is 0.300 e. The highest BCUT2D eigenvalue weighted by molar-refractivity contribution is 7.18. The lowest BCUT2D eigenvalue weighted by Crippen LogP contribution is -2.26. The van der Waals surface area contributed by atoms with Crippen LogP contribution in [0.4, 0.5) is 5.13 Å². The van der Waals surface area contributed by atoms with E-state index in [4.69, 9.17) is 0 Å². The molecule has 0 aliphatic carbocycles. The number of pyridine rings is 1. The third-order valence-electron chi connectivity index (χ3n) is 3.74. The summed E-state index contributed by atoms with van der Waals surface area (Å²) in [7, 11) is 0. The highest BCUT2D eigenvalue weighted by atomic mass is 32.1. The minimum absolute atomic E-state index is 0.0609. The van der Waals surface area contributed by atoms with Gasteiger partial charge >= 0.3 is 0 Å². The molecule has 0 spiro atoms. The number of hydrogen-bond acceptors (Lipinski definition) is 8. The van der Waals surface area contributed by atoms with E-state index in [-0.39, 0.29) is 24.4 Å². The number of carbonyl (C=O) groups is 1. The van der Waals surface area contributed by atoms with Crippen LogP contribution in [0.5, 0.6) is 0 Å². The Bertz CT molecular complexity index is 1160. The van der Waals surface area contributed by atoms with Crippen LogP contribution in [0, 0.1) is 0 Å². The predicted molar refractivity (Wildman–Crippen MR) is 100 cm³/mol. The van der Waals surface area contributed by atoms with Crippen molar-refractivity contribution in [3.05, 3.63) is 59.0 Å². The van der Waals surface area contributed by atoms with E-state index in [1.54, 1.807) is 30.5 Å². The van der Waals surface area contributed by atoms with E-state index in [9.17, 15) is 9.59 Å². The van der Waals surface area contributed by atoms with E-state index in [0.717, 1.165) is 0 Å². The van der Waals surface area contributed by atoms with Gasteiger partial charge in [0.15, 0.2) is 5.01 Å². The fourth-order valence-corrected chi connectivity index (χ4v) is 3.16. The van der Waals surface area contributed by atoms with Crippen LogP contribution in [-0.4, -0.2) is 36.1 Å². The number of aromatic nitrogens is 6. The average Bonchev–Trinajstić information content (AvgIpc) is 3.17. The molecular formula is C17H13N7O2S. The topological polar surface area (TPSA) is 116 Å². The first-order valence-corrected chi connectivity index (χ1v) is 8.90. The second-order valence-corrected chi connectivity index (χ2v) is 6.54. The predicted octanol–water partition coefficient (Wildman–Crippen LogP) is 1.73. The Morgan fingerprint density at radius 2 is 1.93 bits per heavy atom. The molecule has 4 rings (SSSR count). The van der Waals surface area contributed by atoms with Gasteiger partial charge in [0.2, 0.25) is 11.0 Å². The molecule has 0 aliphatic rings. The van der Waals surface area contributed by atoms with Crippen molar-refractivity contribution in [2.45, 2.75) is 13.0 Å². The molecule has 0 unspecified atom stereocenters. The number of benzene rings is 1. The summed E-state index contributed by atoms with van der Waals surface area (Å²) in [6, 6.07) is 12.4. The highest BCUT2D eigenvalue weighted by Gasteiger charge is 2.12. The van der Waals surface area contributed by atoms with Crippen molar-refractivity contribution < 1.29 is 4.79 Å². The van der Waals surface area contributed by atoms with Gasteiger partial charge in [0.05, 0.1) is 11.9 Å². The molecule has 0 saturated carbocycles. The van der Waals surface area contributed by atoms with Crippen LogP contribution in [0.3, 0.4) is 0 Å². The fourth-order valence-electron chi connectivity index (χ4n) is 2.43. The molecule has 134 valence electrons. The van der Waals surface area contributed by atoms with E-state index >= 15 is 0 Å². The van der Waals surface area contributed by atoms with Crippen molar-refractivity contribution >= 4 is 33.3 Å². The molecule has 1 aromatic carbocycles. The summed E-state index contributed by atoms with van der Waals surface area (Å²) >= 11 is 1.23. The van der Waals surface area contributed by atoms with Gasteiger partial charge in [-0.2, -0.15) is 0 Å². The van der Waals surface area contributed by atoms with E-state index in [2.05, 4.69) is 30.8 Å². The van der Waals surface area contributed by atoms with Gasteiger partial charge in [0.25, 0.3) is 5.56 Å². The Balaban J connectivity index is 1.41. The molecule has 0 aliphatic heterocycles. The molecule has 4 aromatic rings. The fraction of sp³-hybridized carbons (Fsp3) is 0.118. The van der Waals surface area contributed by atoms with Gasteiger partial charge in [-0.1, -0.05) is 34.7 Å². The van der Waals surface area contributed by atoms with E-state index < -0.39 is 0 Å². The standard InChI is InChI=1S/C17H13N7O2S/c25-14(19-17-22-21-15(27-17)13-7-3-4-9-18-13)8-10-24-16(26)11-5-1-2-6-12(11)20-23-24/h1-7,9H,8,10H2,(H,19,22,25). The van der Waals surface area contributed by atoms with Crippen molar-refractivity contribution in [2.24, 2.45) is 0 Å². The maximum Gasteiger partial charge on any atom is 0.277 e. The molecule has 3 aromatic heterocycles. The number of hydrogen-bond donors (Lipinski definition) is 1. The Kier molecular flexibility index (Phi) is 4.62. The lowest BCUT2D eigenvalue weighted by Gasteiger charge is -2.04. The first kappa shape index (κ1) is 16.9. The zero-order chi connectivity index (χ0) is 18.6. The molecular weight excluding hydrogens is 366 g/mol. The Labute approximate surface area is 156 Å². The molecule has 9 nitrogen and oxygen atoms in total. The molecule has 0 bridgehead atoms. The summed E-state index contributed by atoms with van der Waals surface area (Å²) in [5.74, 6) is -0.291. The van der Waals surface area contributed by atoms with E-state index in [0.29, 0.717) is 26.7 Å². The molecule has 1 N–H and O–H groups in total. The summed E-state index contributed by atoms with van der Waals surface area (Å²) in [6.45, 7) is 0.119. The first-order chi connectivity index (χ1) is 13.2. The van der Waals surface area contributed by atoms with Gasteiger partial charge < -0.3 is 5.32 Å². The number of anilines is 1. The zero-order valence-electron chi connectivity index (χ0n) is 13.9. The zero-order valence-corrected chi connectivity index (χ0v) is 14.8. The van der Waals surface area contributed by atoms with Crippen LogP contribution in [-0.2, 0) is 11.3 Å². The summed E-state index contributed by atoms with van der Waals surface area (Å²) < 4.78 is 1.18. The maximum atomic E-state index is 12.4. The van der Waals surface area contributed by atoms with Crippen molar-refractivity contribution in [3.8, 4) is 10.7 Å². The monoisotopic (exact) mass is 379 g/mol. The quantitative estimate of drug-likeness (QED) is 0.561. The van der Waals surface area contributed by atoms with Gasteiger partial charge in [0.1, 0.15) is 11.2 Å². The van der Waals surface area contributed by atoms with E-state index in [1.165, 1.54) is 16.0 Å². The minimum Gasteiger partial charge on any atom is -0.300 e. The molecule has 3 heterocycles. The van der Waals surface area contributed by atoms with Gasteiger partial charge in [-0.3, -0.25) is 14.6 Å². The Morgan fingerprint density at radius 3 is 2.78 bits per heavy atom. The lowest BCUT2D eigenvalue weighted by molar-refractivity contribution is -0.116. The summed E-state index contributed by atoms with van der Waals surface area (Å²) in [5, 5.41) is 20.0. The third-order valence-corrected chi connectivity index (χ3v) is 4.60. The van der Waals surface area contributed by atoms with Crippen LogP contribution in [0.25, 0.3) is 21.6 Å². The van der Waals surface area contributed by atoms with Crippen LogP contribution in [0.1, 0.15) is 6.42 Å². The van der Waals surface area contributed by atoms with Gasteiger partial charge in [-0.05, 0) is 24.3 Å². The Morgan fingerprint density at radius 1 is 1.07 bits per heavy atom. The van der Waals surface area contributed by atoms with Crippen molar-refractivity contribution in [2.75, 3.05) is 5.32 Å². The third kappa shape index (κ3) is 3.70. The number of nitrogens with zero attached hydrogens (tertiary/aromatic N) is 6. The average molecular weight is 379 g/mol. The summed E-state index contributed by atoms with van der Waals surface area (Å²) in [4.78, 5) is 28.7. The minimum atomic E-state index is -0.291. The molecule has 0 radical (unpaired) electrons. The van der Waals surface area contributed by atoms with Gasteiger partial charge in [0, 0.05) is 12.6 Å². The number of fused-ring (bicyclic) bond motifs is 1. The summed E-state index contributed by atoms with van der Waals surface area (Å²) in [5.41, 5.74) is 0.939. The number of carbonyl (C=O) groups excluding carboxylic acids is 1. The Hall–Kier alpha value is -3.53. The van der Waals surface area contributed by atoms with Crippen molar-refractivity contribution in [1.82, 2.24) is 30.2 Å². The number of rotatable bonds is 5. The smallest absolute Gasteiger partial charge is 0.277 e. The normalized spacial score (nSPS) is 10.8.